The summed E-state index contributed by atoms with van der Waals surface area (Å²) in [4.78, 5) is 0. The Labute approximate surface area is 61.6 Å². The first-order chi connectivity index (χ1) is 4.83. The van der Waals surface area contributed by atoms with Gasteiger partial charge in [0.1, 0.15) is 0 Å². The molecular weight excluding hydrogens is 126 g/mol. The van der Waals surface area contributed by atoms with E-state index in [0.29, 0.717) is 0 Å². The van der Waals surface area contributed by atoms with Crippen LogP contribution in [0.5, 0.6) is 0 Å². The summed E-state index contributed by atoms with van der Waals surface area (Å²) >= 11 is 0. The molecule has 1 aliphatic heterocycles. The molecule has 1 aliphatic carbocycles. The number of hydrogen-bond donors (Lipinski definition) is 2. The van der Waals surface area contributed by atoms with Crippen molar-refractivity contribution in [3.8, 4) is 0 Å². The summed E-state index contributed by atoms with van der Waals surface area (Å²) in [5.41, 5.74) is 0.153. The van der Waals surface area contributed by atoms with E-state index in [1.807, 2.05) is 0 Å². The minimum Gasteiger partial charge on any atom is -0.391 e. The van der Waals surface area contributed by atoms with Gasteiger partial charge in [-0.15, -0.1) is 0 Å². The summed E-state index contributed by atoms with van der Waals surface area (Å²) in [5.74, 6) is 0. The predicted molar refractivity (Wildman–Crippen MR) is 39.8 cm³/mol. The van der Waals surface area contributed by atoms with Gasteiger partial charge in [-0.1, -0.05) is 12.8 Å². The average molecular weight is 141 g/mol. The van der Waals surface area contributed by atoms with Gasteiger partial charge in [-0.3, -0.25) is 0 Å². The van der Waals surface area contributed by atoms with Crippen LogP contribution in [-0.2, 0) is 0 Å². The Morgan fingerprint density at radius 2 is 2.00 bits per heavy atom. The molecule has 1 atom stereocenters. The highest BCUT2D eigenvalue weighted by atomic mass is 16.3. The predicted octanol–water partition coefficient (Wildman–Crippen LogP) is 0.653. The fourth-order valence-corrected chi connectivity index (χ4v) is 2.37. The lowest BCUT2D eigenvalue weighted by Crippen LogP contribution is -2.44. The summed E-state index contributed by atoms with van der Waals surface area (Å²) in [6, 6.07) is 0. The van der Waals surface area contributed by atoms with E-state index in [9.17, 15) is 5.11 Å². The van der Waals surface area contributed by atoms with E-state index in [1.165, 1.54) is 25.7 Å². The quantitative estimate of drug-likeness (QED) is 0.519. The smallest absolute Gasteiger partial charge is 0.0733 e. The van der Waals surface area contributed by atoms with Crippen LogP contribution in [0.15, 0.2) is 0 Å². The summed E-state index contributed by atoms with van der Waals surface area (Å²) in [6.45, 7) is 1.02. The van der Waals surface area contributed by atoms with Crippen LogP contribution in [0.1, 0.15) is 32.1 Å². The zero-order valence-electron chi connectivity index (χ0n) is 6.27. The molecule has 2 fully saturated rings. The van der Waals surface area contributed by atoms with Crippen LogP contribution in [-0.4, -0.2) is 23.3 Å². The summed E-state index contributed by atoms with van der Waals surface area (Å²) in [5, 5.41) is 13.0. The van der Waals surface area contributed by atoms with E-state index in [0.717, 1.165) is 13.0 Å². The first-order valence-electron chi connectivity index (χ1n) is 4.27. The molecule has 1 heterocycles. The van der Waals surface area contributed by atoms with Gasteiger partial charge in [0, 0.05) is 5.54 Å². The second kappa shape index (κ2) is 2.21. The van der Waals surface area contributed by atoms with Gasteiger partial charge in [-0.2, -0.15) is 0 Å². The number of nitrogens with one attached hydrogen (secondary N) is 1. The minimum absolute atomic E-state index is 0.0602. The summed E-state index contributed by atoms with van der Waals surface area (Å²) < 4.78 is 0. The van der Waals surface area contributed by atoms with Gasteiger partial charge in [0.15, 0.2) is 0 Å². The largest absolute Gasteiger partial charge is 0.391 e. The second-order valence-electron chi connectivity index (χ2n) is 3.59. The molecule has 1 saturated heterocycles. The molecule has 0 unspecified atom stereocenters. The van der Waals surface area contributed by atoms with E-state index in [2.05, 4.69) is 5.32 Å². The van der Waals surface area contributed by atoms with Gasteiger partial charge in [-0.05, 0) is 25.8 Å². The number of rotatable bonds is 0. The van der Waals surface area contributed by atoms with Crippen molar-refractivity contribution in [2.24, 2.45) is 0 Å². The topological polar surface area (TPSA) is 32.3 Å². The van der Waals surface area contributed by atoms with Gasteiger partial charge < -0.3 is 10.4 Å². The highest BCUT2D eigenvalue weighted by Crippen LogP contribution is 2.36. The average Bonchev–Trinajstić information content (AvgIpc) is 2.48. The maximum atomic E-state index is 9.62. The molecule has 0 amide bonds. The van der Waals surface area contributed by atoms with Gasteiger partial charge in [0.25, 0.3) is 0 Å². The molecule has 2 heteroatoms. The normalized spacial score (nSPS) is 37.5. The van der Waals surface area contributed by atoms with Crippen molar-refractivity contribution in [1.82, 2.24) is 5.32 Å². The van der Waals surface area contributed by atoms with Crippen molar-refractivity contribution >= 4 is 0 Å². The van der Waals surface area contributed by atoms with E-state index < -0.39 is 0 Å². The third-order valence-corrected chi connectivity index (χ3v) is 3.03. The van der Waals surface area contributed by atoms with Crippen molar-refractivity contribution in [3.63, 3.8) is 0 Å². The Bertz CT molecular complexity index is 124. The van der Waals surface area contributed by atoms with Crippen LogP contribution >= 0.6 is 0 Å². The second-order valence-corrected chi connectivity index (χ2v) is 3.59. The van der Waals surface area contributed by atoms with Crippen LogP contribution in [0.3, 0.4) is 0 Å². The minimum atomic E-state index is -0.0602. The molecule has 0 aromatic heterocycles. The Hall–Kier alpha value is -0.0800. The van der Waals surface area contributed by atoms with Crippen molar-refractivity contribution in [1.29, 1.82) is 0 Å². The summed E-state index contributed by atoms with van der Waals surface area (Å²) in [6.07, 6.45) is 5.87. The van der Waals surface area contributed by atoms with E-state index >= 15 is 0 Å². The lowest BCUT2D eigenvalue weighted by molar-refractivity contribution is 0.101. The fraction of sp³-hybridized carbons (Fsp3) is 1.00. The molecule has 0 radical (unpaired) electrons. The van der Waals surface area contributed by atoms with E-state index in [-0.39, 0.29) is 11.6 Å². The monoisotopic (exact) mass is 141 g/mol. The Morgan fingerprint density at radius 1 is 1.30 bits per heavy atom. The summed E-state index contributed by atoms with van der Waals surface area (Å²) in [7, 11) is 0. The zero-order valence-corrected chi connectivity index (χ0v) is 6.27. The van der Waals surface area contributed by atoms with Crippen molar-refractivity contribution in [2.45, 2.75) is 43.7 Å². The first-order valence-corrected chi connectivity index (χ1v) is 4.27. The van der Waals surface area contributed by atoms with Crippen LogP contribution in [0.4, 0.5) is 0 Å². The van der Waals surface area contributed by atoms with Gasteiger partial charge >= 0.3 is 0 Å². The molecule has 1 spiro atoms. The van der Waals surface area contributed by atoms with E-state index in [4.69, 9.17) is 0 Å². The molecule has 2 aliphatic rings. The van der Waals surface area contributed by atoms with Crippen LogP contribution in [0.25, 0.3) is 0 Å². The number of hydrogen-bond acceptors (Lipinski definition) is 2. The maximum absolute atomic E-state index is 9.62. The molecule has 1 saturated carbocycles. The SMILES string of the molecule is O[C@H]1CCNC12CCCC2. The Balaban J connectivity index is 2.11. The highest BCUT2D eigenvalue weighted by Gasteiger charge is 2.43. The molecule has 10 heavy (non-hydrogen) atoms. The molecule has 2 rings (SSSR count). The van der Waals surface area contributed by atoms with Crippen molar-refractivity contribution in [2.75, 3.05) is 6.54 Å². The molecule has 2 nitrogen and oxygen atoms in total. The van der Waals surface area contributed by atoms with Gasteiger partial charge in [-0.25, -0.2) is 0 Å². The van der Waals surface area contributed by atoms with Crippen LogP contribution < -0.4 is 5.32 Å². The zero-order chi connectivity index (χ0) is 7.03. The Kier molecular flexibility index (Phi) is 1.46. The first kappa shape index (κ1) is 6.62. The molecule has 0 aromatic carbocycles. The molecule has 2 N–H and O–H groups in total. The molecule has 0 bridgehead atoms. The van der Waals surface area contributed by atoms with Crippen molar-refractivity contribution < 1.29 is 5.11 Å². The molecule has 0 aromatic rings. The lowest BCUT2D eigenvalue weighted by atomic mass is 9.93. The standard InChI is InChI=1S/C8H15NO/c10-7-3-6-9-8(7)4-1-2-5-8/h7,9-10H,1-6H2/t7-/m0/s1. The number of aliphatic hydroxyl groups excluding tert-OH is 1. The third-order valence-electron chi connectivity index (χ3n) is 3.03. The lowest BCUT2D eigenvalue weighted by Gasteiger charge is -2.27. The van der Waals surface area contributed by atoms with Gasteiger partial charge in [0.2, 0.25) is 0 Å². The number of aliphatic hydroxyl groups is 1. The molecule has 58 valence electrons. The molecular formula is C8H15NO. The van der Waals surface area contributed by atoms with Crippen molar-refractivity contribution in [3.05, 3.63) is 0 Å². The fourth-order valence-electron chi connectivity index (χ4n) is 2.37. The van der Waals surface area contributed by atoms with Crippen LogP contribution in [0, 0.1) is 0 Å². The third kappa shape index (κ3) is 0.789. The highest BCUT2D eigenvalue weighted by molar-refractivity contribution is 5.02. The van der Waals surface area contributed by atoms with E-state index in [1.54, 1.807) is 0 Å². The van der Waals surface area contributed by atoms with Crippen LogP contribution in [0.2, 0.25) is 0 Å². The van der Waals surface area contributed by atoms with Gasteiger partial charge in [0.05, 0.1) is 6.10 Å². The maximum Gasteiger partial charge on any atom is 0.0733 e. The Morgan fingerprint density at radius 3 is 2.50 bits per heavy atom.